The van der Waals surface area contributed by atoms with Crippen molar-refractivity contribution in [2.75, 3.05) is 18.0 Å². The molecule has 2 aliphatic rings. The van der Waals surface area contributed by atoms with Crippen LogP contribution in [0.2, 0.25) is 0 Å². The van der Waals surface area contributed by atoms with Crippen molar-refractivity contribution >= 4 is 17.5 Å². The van der Waals surface area contributed by atoms with Gasteiger partial charge >= 0.3 is 5.97 Å². The lowest BCUT2D eigenvalue weighted by Gasteiger charge is -2.27. The Morgan fingerprint density at radius 3 is 2.67 bits per heavy atom. The fourth-order valence-electron chi connectivity index (χ4n) is 3.90. The van der Waals surface area contributed by atoms with E-state index in [1.54, 1.807) is 0 Å². The van der Waals surface area contributed by atoms with Crippen LogP contribution >= 0.6 is 0 Å². The van der Waals surface area contributed by atoms with Gasteiger partial charge in [0.25, 0.3) is 5.84 Å². The van der Waals surface area contributed by atoms with Gasteiger partial charge in [0.05, 0.1) is 18.7 Å². The van der Waals surface area contributed by atoms with Gasteiger partial charge in [-0.15, -0.1) is 0 Å². The minimum Gasteiger partial charge on any atom is -1.00 e. The molecule has 0 aromatic heterocycles. The van der Waals surface area contributed by atoms with Crippen LogP contribution in [0.25, 0.3) is 0 Å². The van der Waals surface area contributed by atoms with Crippen LogP contribution in [0.1, 0.15) is 42.1 Å². The van der Waals surface area contributed by atoms with Crippen molar-refractivity contribution in [3.8, 4) is 0 Å². The van der Waals surface area contributed by atoms with Crippen molar-refractivity contribution in [1.82, 2.24) is 0 Å². The summed E-state index contributed by atoms with van der Waals surface area (Å²) in [6.07, 6.45) is 2.93. The molecule has 1 unspecified atom stereocenters. The maximum Gasteiger partial charge on any atom is 0.339 e. The van der Waals surface area contributed by atoms with Crippen LogP contribution in [0.3, 0.4) is 0 Å². The summed E-state index contributed by atoms with van der Waals surface area (Å²) in [7, 11) is 0. The van der Waals surface area contributed by atoms with Crippen molar-refractivity contribution < 1.29 is 38.1 Å². The number of carbonyl (C=O) groups excluding carboxylic acids is 1. The van der Waals surface area contributed by atoms with Crippen molar-refractivity contribution in [3.63, 3.8) is 0 Å². The second-order valence-electron chi connectivity index (χ2n) is 6.96. The van der Waals surface area contributed by atoms with E-state index in [9.17, 15) is 4.79 Å². The van der Waals surface area contributed by atoms with Gasteiger partial charge in [0.1, 0.15) is 12.2 Å². The first-order valence-corrected chi connectivity index (χ1v) is 9.51. The molecule has 5 heteroatoms. The zero-order valence-corrected chi connectivity index (χ0v) is 17.8. The molecule has 0 fully saturated rings. The van der Waals surface area contributed by atoms with Crippen LogP contribution < -0.4 is 28.9 Å². The first kappa shape index (κ1) is 19.9. The SMILES string of the molecule is CCCCN1C2=[N+](CCC2OC(=O)c2ccccc2)Cc2ccccc21.[I-]. The molecule has 0 spiro atoms. The van der Waals surface area contributed by atoms with Gasteiger partial charge in [-0.1, -0.05) is 49.7 Å². The van der Waals surface area contributed by atoms with Crippen LogP contribution in [-0.2, 0) is 11.3 Å². The quantitative estimate of drug-likeness (QED) is 0.365. The van der Waals surface area contributed by atoms with E-state index in [0.717, 1.165) is 44.7 Å². The fourth-order valence-corrected chi connectivity index (χ4v) is 3.90. The number of hydrogen-bond acceptors (Lipinski definition) is 3. The monoisotopic (exact) mass is 476 g/mol. The third-order valence-corrected chi connectivity index (χ3v) is 5.19. The number of esters is 1. The van der Waals surface area contributed by atoms with Crippen LogP contribution in [0.4, 0.5) is 5.69 Å². The number of halogens is 1. The van der Waals surface area contributed by atoms with Gasteiger partial charge in [0.2, 0.25) is 6.10 Å². The Morgan fingerprint density at radius 1 is 1.15 bits per heavy atom. The molecule has 0 aliphatic carbocycles. The Bertz CT molecular complexity index is 835. The summed E-state index contributed by atoms with van der Waals surface area (Å²) in [5, 5.41) is 0. The van der Waals surface area contributed by atoms with E-state index in [1.807, 2.05) is 30.3 Å². The van der Waals surface area contributed by atoms with E-state index >= 15 is 0 Å². The molecule has 2 aromatic carbocycles. The molecule has 2 aromatic rings. The number of rotatable bonds is 5. The van der Waals surface area contributed by atoms with Crippen LogP contribution in [0.15, 0.2) is 54.6 Å². The second-order valence-corrected chi connectivity index (χ2v) is 6.96. The van der Waals surface area contributed by atoms with Crippen molar-refractivity contribution in [3.05, 3.63) is 65.7 Å². The Labute approximate surface area is 177 Å². The number of carbonyl (C=O) groups is 1. The van der Waals surface area contributed by atoms with E-state index in [4.69, 9.17) is 4.74 Å². The average Bonchev–Trinajstić information content (AvgIpc) is 3.08. The van der Waals surface area contributed by atoms with Gasteiger partial charge < -0.3 is 28.7 Å². The molecule has 0 amide bonds. The topological polar surface area (TPSA) is 32.5 Å². The standard InChI is InChI=1S/C22H25N2O2.HI/c1-2-3-14-24-19-12-8-7-11-18(19)16-23-15-13-20(21(23)24)26-22(25)17-9-5-4-6-10-17;/h4-12,20H,2-3,13-16H2,1H3;1H/q+1;/p-1. The summed E-state index contributed by atoms with van der Waals surface area (Å²) in [6.45, 7) is 4.99. The minimum atomic E-state index is -0.237. The van der Waals surface area contributed by atoms with E-state index in [0.29, 0.717) is 5.56 Å². The fraction of sp³-hybridized carbons (Fsp3) is 0.364. The number of anilines is 1. The number of amidine groups is 1. The average molecular weight is 476 g/mol. The molecule has 0 radical (unpaired) electrons. The number of hydrogen-bond donors (Lipinski definition) is 0. The lowest BCUT2D eigenvalue weighted by atomic mass is 10.1. The van der Waals surface area contributed by atoms with Crippen LogP contribution in [0.5, 0.6) is 0 Å². The normalized spacial score (nSPS) is 17.8. The minimum absolute atomic E-state index is 0. The van der Waals surface area contributed by atoms with E-state index in [1.165, 1.54) is 11.3 Å². The van der Waals surface area contributed by atoms with E-state index in [2.05, 4.69) is 40.7 Å². The highest BCUT2D eigenvalue weighted by atomic mass is 127. The van der Waals surface area contributed by atoms with Gasteiger partial charge in [-0.05, 0) is 24.6 Å². The van der Waals surface area contributed by atoms with Gasteiger partial charge in [-0.25, -0.2) is 9.69 Å². The highest BCUT2D eigenvalue weighted by Crippen LogP contribution is 2.31. The third kappa shape index (κ3) is 4.03. The molecule has 4 rings (SSSR count). The number of benzene rings is 2. The van der Waals surface area contributed by atoms with Gasteiger partial charge in [-0.2, -0.15) is 0 Å². The zero-order valence-electron chi connectivity index (χ0n) is 15.6. The summed E-state index contributed by atoms with van der Waals surface area (Å²) in [5.74, 6) is 0.917. The molecule has 1 atom stereocenters. The molecule has 27 heavy (non-hydrogen) atoms. The number of para-hydroxylation sites is 1. The van der Waals surface area contributed by atoms with Crippen molar-refractivity contribution in [1.29, 1.82) is 0 Å². The van der Waals surface area contributed by atoms with Crippen molar-refractivity contribution in [2.24, 2.45) is 0 Å². The first-order valence-electron chi connectivity index (χ1n) is 9.51. The molecule has 2 heterocycles. The Morgan fingerprint density at radius 2 is 1.89 bits per heavy atom. The van der Waals surface area contributed by atoms with Gasteiger partial charge in [0, 0.05) is 12.0 Å². The van der Waals surface area contributed by atoms with Crippen molar-refractivity contribution in [2.45, 2.75) is 38.8 Å². The molecule has 4 nitrogen and oxygen atoms in total. The van der Waals surface area contributed by atoms with Crippen LogP contribution in [-0.4, -0.2) is 35.6 Å². The molecule has 142 valence electrons. The summed E-state index contributed by atoms with van der Waals surface area (Å²) >= 11 is 0. The molecule has 0 saturated heterocycles. The number of ether oxygens (including phenoxy) is 1. The van der Waals surface area contributed by atoms with Crippen LogP contribution in [0, 0.1) is 0 Å². The van der Waals surface area contributed by atoms with E-state index < -0.39 is 0 Å². The number of unbranched alkanes of at least 4 members (excludes halogenated alkanes) is 1. The maximum atomic E-state index is 12.6. The van der Waals surface area contributed by atoms with Gasteiger partial charge in [0.15, 0.2) is 0 Å². The predicted molar refractivity (Wildman–Crippen MR) is 103 cm³/mol. The lowest BCUT2D eigenvalue weighted by Crippen LogP contribution is -3.00. The molecular formula is C22H25IN2O2. The predicted octanol–water partition coefficient (Wildman–Crippen LogP) is 0.851. The highest BCUT2D eigenvalue weighted by molar-refractivity contribution is 6.01. The Hall–Kier alpha value is -1.89. The summed E-state index contributed by atoms with van der Waals surface area (Å²) < 4.78 is 8.31. The smallest absolute Gasteiger partial charge is 0.339 e. The Balaban J connectivity index is 0.00000210. The molecule has 0 saturated carbocycles. The summed E-state index contributed by atoms with van der Waals surface area (Å²) in [6, 6.07) is 17.9. The third-order valence-electron chi connectivity index (χ3n) is 5.19. The molecular weight excluding hydrogens is 451 g/mol. The highest BCUT2D eigenvalue weighted by Gasteiger charge is 2.43. The first-order chi connectivity index (χ1) is 12.8. The number of nitrogens with zero attached hydrogens (tertiary/aromatic N) is 2. The second kappa shape index (κ2) is 8.87. The molecule has 2 aliphatic heterocycles. The number of fused-ring (bicyclic) bond motifs is 1. The van der Waals surface area contributed by atoms with Gasteiger partial charge in [-0.3, -0.25) is 4.58 Å². The maximum absolute atomic E-state index is 12.6. The zero-order chi connectivity index (χ0) is 17.9. The molecule has 0 N–H and O–H groups in total. The Kier molecular flexibility index (Phi) is 6.52. The lowest BCUT2D eigenvalue weighted by molar-refractivity contribution is -0.538. The largest absolute Gasteiger partial charge is 1.00 e. The summed E-state index contributed by atoms with van der Waals surface area (Å²) in [5.41, 5.74) is 3.22. The summed E-state index contributed by atoms with van der Waals surface area (Å²) in [4.78, 5) is 14.9. The molecule has 0 bridgehead atoms. The van der Waals surface area contributed by atoms with E-state index in [-0.39, 0.29) is 36.0 Å².